The zero-order valence-corrected chi connectivity index (χ0v) is 9.26. The summed E-state index contributed by atoms with van der Waals surface area (Å²) in [6.07, 6.45) is -4.04. The highest BCUT2D eigenvalue weighted by Crippen LogP contribution is 2.44. The van der Waals surface area contributed by atoms with Crippen molar-refractivity contribution in [1.82, 2.24) is 9.97 Å². The van der Waals surface area contributed by atoms with E-state index in [9.17, 15) is 18.0 Å². The number of amides is 1. The van der Waals surface area contributed by atoms with Gasteiger partial charge in [0.15, 0.2) is 0 Å². The smallest absolute Gasteiger partial charge is 0.310 e. The van der Waals surface area contributed by atoms with Gasteiger partial charge in [-0.3, -0.25) is 4.79 Å². The van der Waals surface area contributed by atoms with Crippen LogP contribution in [0.2, 0.25) is 0 Å². The monoisotopic (exact) mass is 295 g/mol. The van der Waals surface area contributed by atoms with E-state index in [1.165, 1.54) is 0 Å². The first-order valence-corrected chi connectivity index (χ1v) is 5.06. The summed E-state index contributed by atoms with van der Waals surface area (Å²) in [5.41, 5.74) is -0.116. The first kappa shape index (κ1) is 11.3. The molecule has 1 aliphatic heterocycles. The Hall–Kier alpha value is -1.18. The third kappa shape index (κ3) is 1.89. The summed E-state index contributed by atoms with van der Waals surface area (Å²) in [7, 11) is 0. The molecular formula is C8H5BrF3N3O. The normalized spacial score (nSPS) is 20.2. The third-order valence-corrected chi connectivity index (χ3v) is 2.86. The van der Waals surface area contributed by atoms with Gasteiger partial charge in [-0.2, -0.15) is 13.2 Å². The van der Waals surface area contributed by atoms with E-state index in [2.05, 4.69) is 31.2 Å². The lowest BCUT2D eigenvalue weighted by Crippen LogP contribution is -2.32. The summed E-state index contributed by atoms with van der Waals surface area (Å²) < 4.78 is 38.2. The molecule has 1 aromatic rings. The predicted octanol–water partition coefficient (Wildman–Crippen LogP) is 2.23. The van der Waals surface area contributed by atoms with Gasteiger partial charge < -0.3 is 5.32 Å². The number of nitrogens with zero attached hydrogens (tertiary/aromatic N) is 2. The summed E-state index contributed by atoms with van der Waals surface area (Å²) in [4.78, 5) is 18.4. The molecule has 0 spiro atoms. The van der Waals surface area contributed by atoms with Crippen LogP contribution < -0.4 is 5.32 Å². The largest absolute Gasteiger partial charge is 0.396 e. The van der Waals surface area contributed by atoms with Gasteiger partial charge >= 0.3 is 6.18 Å². The minimum Gasteiger partial charge on any atom is -0.310 e. The second-order valence-corrected chi connectivity index (χ2v) is 4.02. The molecule has 0 radical (unpaired) electrons. The standard InChI is InChI=1S/C8H5BrF3N3O/c9-6-5-3(8(10,11)12)1-4(16)15-7(5)14-2-13-6/h2-3H,1H2,(H,13,14,15,16)/t3-/m0/s1. The highest BCUT2D eigenvalue weighted by Gasteiger charge is 2.47. The highest BCUT2D eigenvalue weighted by atomic mass is 79.9. The number of fused-ring (bicyclic) bond motifs is 1. The van der Waals surface area contributed by atoms with Crippen molar-refractivity contribution >= 4 is 27.7 Å². The Morgan fingerprint density at radius 1 is 1.44 bits per heavy atom. The average Bonchev–Trinajstić information content (AvgIpc) is 2.15. The number of carbonyl (C=O) groups is 1. The second-order valence-electron chi connectivity index (χ2n) is 3.27. The van der Waals surface area contributed by atoms with E-state index in [1.807, 2.05) is 0 Å². The molecule has 0 bridgehead atoms. The molecule has 1 atom stereocenters. The van der Waals surface area contributed by atoms with E-state index in [1.54, 1.807) is 0 Å². The molecule has 0 saturated heterocycles. The van der Waals surface area contributed by atoms with Gasteiger partial charge in [0, 0.05) is 12.0 Å². The minimum atomic E-state index is -4.49. The van der Waals surface area contributed by atoms with Crippen LogP contribution in [-0.2, 0) is 4.79 Å². The Kier molecular flexibility index (Phi) is 2.61. The maximum atomic E-state index is 12.7. The molecule has 86 valence electrons. The van der Waals surface area contributed by atoms with Crippen LogP contribution in [0.15, 0.2) is 10.9 Å². The van der Waals surface area contributed by atoms with Crippen LogP contribution in [0.5, 0.6) is 0 Å². The van der Waals surface area contributed by atoms with Crippen LogP contribution in [0.25, 0.3) is 0 Å². The molecule has 0 saturated carbocycles. The zero-order valence-electron chi connectivity index (χ0n) is 7.68. The second kappa shape index (κ2) is 3.69. The number of hydrogen-bond acceptors (Lipinski definition) is 3. The number of anilines is 1. The zero-order chi connectivity index (χ0) is 11.9. The minimum absolute atomic E-state index is 0.0554. The topological polar surface area (TPSA) is 54.9 Å². The lowest BCUT2D eigenvalue weighted by Gasteiger charge is -2.26. The number of hydrogen-bond donors (Lipinski definition) is 1. The number of nitrogens with one attached hydrogen (secondary N) is 1. The quantitative estimate of drug-likeness (QED) is 0.747. The average molecular weight is 296 g/mol. The van der Waals surface area contributed by atoms with Crippen molar-refractivity contribution in [2.24, 2.45) is 0 Å². The summed E-state index contributed by atoms with van der Waals surface area (Å²) in [5.74, 6) is -2.63. The predicted molar refractivity (Wildman–Crippen MR) is 51.8 cm³/mol. The molecule has 0 unspecified atom stereocenters. The van der Waals surface area contributed by atoms with E-state index in [4.69, 9.17) is 0 Å². The van der Waals surface area contributed by atoms with Gasteiger partial charge in [0.2, 0.25) is 5.91 Å². The van der Waals surface area contributed by atoms with Gasteiger partial charge in [-0.05, 0) is 15.9 Å². The summed E-state index contributed by atoms with van der Waals surface area (Å²) in [6, 6.07) is 0. The molecule has 8 heteroatoms. The Labute approximate surface area is 96.4 Å². The summed E-state index contributed by atoms with van der Waals surface area (Å²) in [5, 5.41) is 2.28. The third-order valence-electron chi connectivity index (χ3n) is 2.23. The number of aromatic nitrogens is 2. The Morgan fingerprint density at radius 2 is 2.12 bits per heavy atom. The van der Waals surface area contributed by atoms with E-state index in [0.717, 1.165) is 6.33 Å². The van der Waals surface area contributed by atoms with Crippen LogP contribution in [0.1, 0.15) is 17.9 Å². The molecule has 2 rings (SSSR count). The van der Waals surface area contributed by atoms with Crippen molar-refractivity contribution in [3.63, 3.8) is 0 Å². The Balaban J connectivity index is 2.56. The van der Waals surface area contributed by atoms with Gasteiger partial charge in [0.05, 0.1) is 5.92 Å². The van der Waals surface area contributed by atoms with Crippen molar-refractivity contribution < 1.29 is 18.0 Å². The lowest BCUT2D eigenvalue weighted by atomic mass is 9.93. The molecule has 16 heavy (non-hydrogen) atoms. The first-order valence-electron chi connectivity index (χ1n) is 4.26. The number of alkyl halides is 3. The van der Waals surface area contributed by atoms with Crippen LogP contribution >= 0.6 is 15.9 Å². The van der Waals surface area contributed by atoms with Crippen molar-refractivity contribution in [3.8, 4) is 0 Å². The molecular weight excluding hydrogens is 291 g/mol. The molecule has 0 aromatic carbocycles. The maximum Gasteiger partial charge on any atom is 0.396 e. The molecule has 0 aliphatic carbocycles. The van der Waals surface area contributed by atoms with E-state index < -0.39 is 24.4 Å². The Bertz CT molecular complexity index is 449. The van der Waals surface area contributed by atoms with E-state index >= 15 is 0 Å². The molecule has 1 N–H and O–H groups in total. The molecule has 1 amide bonds. The summed E-state index contributed by atoms with van der Waals surface area (Å²) in [6.45, 7) is 0. The Morgan fingerprint density at radius 3 is 2.75 bits per heavy atom. The number of rotatable bonds is 0. The molecule has 0 fully saturated rings. The van der Waals surface area contributed by atoms with Gasteiger partial charge in [-0.15, -0.1) is 0 Å². The fourth-order valence-electron chi connectivity index (χ4n) is 1.53. The van der Waals surface area contributed by atoms with Gasteiger partial charge in [-0.25, -0.2) is 9.97 Å². The van der Waals surface area contributed by atoms with Crippen LogP contribution in [0.4, 0.5) is 19.0 Å². The fourth-order valence-corrected chi connectivity index (χ4v) is 2.09. The van der Waals surface area contributed by atoms with Gasteiger partial charge in [0.1, 0.15) is 16.7 Å². The van der Waals surface area contributed by atoms with Gasteiger partial charge in [-0.1, -0.05) is 0 Å². The highest BCUT2D eigenvalue weighted by molar-refractivity contribution is 9.10. The van der Waals surface area contributed by atoms with E-state index in [0.29, 0.717) is 0 Å². The number of carbonyl (C=O) groups excluding carboxylic acids is 1. The van der Waals surface area contributed by atoms with Crippen molar-refractivity contribution in [3.05, 3.63) is 16.5 Å². The summed E-state index contributed by atoms with van der Waals surface area (Å²) >= 11 is 2.93. The van der Waals surface area contributed by atoms with Crippen molar-refractivity contribution in [2.75, 3.05) is 5.32 Å². The van der Waals surface area contributed by atoms with Crippen LogP contribution in [0, 0.1) is 0 Å². The lowest BCUT2D eigenvalue weighted by molar-refractivity contribution is -0.157. The van der Waals surface area contributed by atoms with E-state index in [-0.39, 0.29) is 16.0 Å². The van der Waals surface area contributed by atoms with Crippen LogP contribution in [-0.4, -0.2) is 22.1 Å². The maximum absolute atomic E-state index is 12.7. The SMILES string of the molecule is O=C1C[C@H](C(F)(F)F)c2c(Br)ncnc2N1. The molecule has 4 nitrogen and oxygen atoms in total. The van der Waals surface area contributed by atoms with Gasteiger partial charge in [0.25, 0.3) is 0 Å². The first-order chi connectivity index (χ1) is 7.39. The molecule has 1 aliphatic rings. The fraction of sp³-hybridized carbons (Fsp3) is 0.375. The van der Waals surface area contributed by atoms with Crippen LogP contribution in [0.3, 0.4) is 0 Å². The number of halogens is 4. The van der Waals surface area contributed by atoms with Crippen molar-refractivity contribution in [1.29, 1.82) is 0 Å². The molecule has 2 heterocycles. The molecule has 1 aromatic heterocycles. The van der Waals surface area contributed by atoms with Crippen molar-refractivity contribution in [2.45, 2.75) is 18.5 Å².